The van der Waals surface area contributed by atoms with E-state index in [1.54, 1.807) is 6.07 Å². The molecule has 0 aliphatic heterocycles. The molecule has 0 unspecified atom stereocenters. The molecule has 0 aliphatic rings. The number of nitrogen functional groups attached to an aromatic ring is 1. The third-order valence-electron chi connectivity index (χ3n) is 3.39. The summed E-state index contributed by atoms with van der Waals surface area (Å²) in [4.78, 5) is 8.73. The molecule has 4 nitrogen and oxygen atoms in total. The van der Waals surface area contributed by atoms with Gasteiger partial charge in [0.25, 0.3) is 0 Å². The highest BCUT2D eigenvalue weighted by atomic mass is 35.5. The van der Waals surface area contributed by atoms with Gasteiger partial charge in [-0.2, -0.15) is 0 Å². The molecule has 0 saturated heterocycles. The van der Waals surface area contributed by atoms with E-state index in [0.717, 1.165) is 16.9 Å². The molecule has 2 aromatic rings. The molecule has 0 saturated carbocycles. The first-order valence-electron chi connectivity index (χ1n) is 7.18. The lowest BCUT2D eigenvalue weighted by molar-refractivity contribution is 0.804. The Morgan fingerprint density at radius 3 is 2.41 bits per heavy atom. The van der Waals surface area contributed by atoms with Crippen molar-refractivity contribution in [2.45, 2.75) is 39.5 Å². The van der Waals surface area contributed by atoms with E-state index in [0.29, 0.717) is 22.4 Å². The van der Waals surface area contributed by atoms with Crippen LogP contribution in [0.2, 0.25) is 10.2 Å². The summed E-state index contributed by atoms with van der Waals surface area (Å²) in [6, 6.07) is 3.60. The van der Waals surface area contributed by atoms with Crippen molar-refractivity contribution >= 4 is 40.4 Å². The SMILES string of the molecule is CC(C)c1ccnc(C(C)C)c1Nc1nc(Cl)c(Cl)cc1N. The summed E-state index contributed by atoms with van der Waals surface area (Å²) in [5.41, 5.74) is 9.51. The monoisotopic (exact) mass is 338 g/mol. The number of nitrogens with zero attached hydrogens (tertiary/aromatic N) is 2. The van der Waals surface area contributed by atoms with Crippen molar-refractivity contribution in [3.8, 4) is 0 Å². The highest BCUT2D eigenvalue weighted by molar-refractivity contribution is 6.41. The topological polar surface area (TPSA) is 63.8 Å². The number of aromatic nitrogens is 2. The van der Waals surface area contributed by atoms with Gasteiger partial charge in [-0.25, -0.2) is 4.98 Å². The maximum atomic E-state index is 6.00. The Labute approximate surface area is 141 Å². The molecule has 0 spiro atoms. The second kappa shape index (κ2) is 6.71. The van der Waals surface area contributed by atoms with Gasteiger partial charge in [-0.3, -0.25) is 4.98 Å². The fourth-order valence-corrected chi connectivity index (χ4v) is 2.55. The molecule has 6 heteroatoms. The molecule has 118 valence electrons. The van der Waals surface area contributed by atoms with Crippen molar-refractivity contribution in [2.75, 3.05) is 11.1 Å². The van der Waals surface area contributed by atoms with E-state index in [2.05, 4.69) is 43.0 Å². The molecule has 2 rings (SSSR count). The Balaban J connectivity index is 2.55. The number of hydrogen-bond acceptors (Lipinski definition) is 4. The molecule has 0 fully saturated rings. The van der Waals surface area contributed by atoms with Crippen LogP contribution in [0.15, 0.2) is 18.3 Å². The van der Waals surface area contributed by atoms with Gasteiger partial charge < -0.3 is 11.1 Å². The normalized spacial score (nSPS) is 11.3. The quantitative estimate of drug-likeness (QED) is 0.737. The number of anilines is 3. The van der Waals surface area contributed by atoms with Gasteiger partial charge in [-0.15, -0.1) is 0 Å². The Kier molecular flexibility index (Phi) is 5.14. The number of hydrogen-bond donors (Lipinski definition) is 2. The molecular formula is C16H20Cl2N4. The smallest absolute Gasteiger partial charge is 0.155 e. The van der Waals surface area contributed by atoms with Crippen LogP contribution in [0.5, 0.6) is 0 Å². The molecule has 2 aromatic heterocycles. The van der Waals surface area contributed by atoms with Gasteiger partial charge in [-0.1, -0.05) is 50.9 Å². The average molecular weight is 339 g/mol. The summed E-state index contributed by atoms with van der Waals surface area (Å²) in [6.45, 7) is 8.47. The van der Waals surface area contributed by atoms with Gasteiger partial charge in [0.1, 0.15) is 5.15 Å². The predicted molar refractivity (Wildman–Crippen MR) is 94.4 cm³/mol. The van der Waals surface area contributed by atoms with Crippen LogP contribution in [0.1, 0.15) is 50.8 Å². The summed E-state index contributed by atoms with van der Waals surface area (Å²) in [5.74, 6) is 1.10. The van der Waals surface area contributed by atoms with Crippen LogP contribution in [0.3, 0.4) is 0 Å². The van der Waals surface area contributed by atoms with E-state index < -0.39 is 0 Å². The van der Waals surface area contributed by atoms with E-state index in [4.69, 9.17) is 28.9 Å². The summed E-state index contributed by atoms with van der Waals surface area (Å²) in [5, 5.41) is 3.86. The zero-order valence-electron chi connectivity index (χ0n) is 13.1. The van der Waals surface area contributed by atoms with Crippen LogP contribution in [-0.4, -0.2) is 9.97 Å². The summed E-state index contributed by atoms with van der Waals surface area (Å²) in [7, 11) is 0. The van der Waals surface area contributed by atoms with Gasteiger partial charge >= 0.3 is 0 Å². The third kappa shape index (κ3) is 3.45. The highest BCUT2D eigenvalue weighted by Crippen LogP contribution is 2.35. The minimum atomic E-state index is 0.222. The van der Waals surface area contributed by atoms with E-state index in [1.807, 2.05) is 12.3 Å². The first-order chi connectivity index (χ1) is 10.3. The molecule has 22 heavy (non-hydrogen) atoms. The second-order valence-electron chi connectivity index (χ2n) is 5.79. The third-order valence-corrected chi connectivity index (χ3v) is 4.06. The maximum absolute atomic E-state index is 6.00. The van der Waals surface area contributed by atoms with E-state index >= 15 is 0 Å². The fraction of sp³-hybridized carbons (Fsp3) is 0.375. The standard InChI is InChI=1S/C16H20Cl2N4/c1-8(2)10-5-6-20-13(9(3)4)14(10)21-16-12(19)7-11(17)15(18)22-16/h5-9H,19H2,1-4H3,(H,21,22). The van der Waals surface area contributed by atoms with Crippen molar-refractivity contribution in [2.24, 2.45) is 0 Å². The van der Waals surface area contributed by atoms with Crippen LogP contribution in [0.4, 0.5) is 17.2 Å². The van der Waals surface area contributed by atoms with Gasteiger partial charge in [0, 0.05) is 6.20 Å². The molecular weight excluding hydrogens is 319 g/mol. The fourth-order valence-electron chi connectivity index (χ4n) is 2.25. The average Bonchev–Trinajstić information content (AvgIpc) is 2.44. The van der Waals surface area contributed by atoms with Crippen molar-refractivity contribution in [3.05, 3.63) is 39.8 Å². The summed E-state index contributed by atoms with van der Waals surface area (Å²) >= 11 is 11.9. The van der Waals surface area contributed by atoms with E-state index in [1.165, 1.54) is 0 Å². The summed E-state index contributed by atoms with van der Waals surface area (Å²) < 4.78 is 0. The molecule has 0 aliphatic carbocycles. The summed E-state index contributed by atoms with van der Waals surface area (Å²) in [6.07, 6.45) is 1.83. The minimum Gasteiger partial charge on any atom is -0.396 e. The number of rotatable bonds is 4. The highest BCUT2D eigenvalue weighted by Gasteiger charge is 2.17. The first kappa shape index (κ1) is 16.8. The zero-order chi connectivity index (χ0) is 16.4. The molecule has 0 aromatic carbocycles. The van der Waals surface area contributed by atoms with Gasteiger partial charge in [0.15, 0.2) is 5.82 Å². The van der Waals surface area contributed by atoms with Crippen molar-refractivity contribution in [1.82, 2.24) is 9.97 Å². The van der Waals surface area contributed by atoms with Crippen molar-refractivity contribution in [3.63, 3.8) is 0 Å². The van der Waals surface area contributed by atoms with E-state index in [9.17, 15) is 0 Å². The van der Waals surface area contributed by atoms with Gasteiger partial charge in [0.05, 0.1) is 22.1 Å². The Morgan fingerprint density at radius 1 is 1.14 bits per heavy atom. The molecule has 0 radical (unpaired) electrons. The molecule has 0 amide bonds. The van der Waals surface area contributed by atoms with Crippen molar-refractivity contribution < 1.29 is 0 Å². The lowest BCUT2D eigenvalue weighted by atomic mass is 9.97. The van der Waals surface area contributed by atoms with Gasteiger partial charge in [0.2, 0.25) is 0 Å². The van der Waals surface area contributed by atoms with E-state index in [-0.39, 0.29) is 11.1 Å². The number of pyridine rings is 2. The van der Waals surface area contributed by atoms with Crippen LogP contribution in [0, 0.1) is 0 Å². The largest absolute Gasteiger partial charge is 0.396 e. The molecule has 3 N–H and O–H groups in total. The zero-order valence-corrected chi connectivity index (χ0v) is 14.6. The Morgan fingerprint density at radius 2 is 1.82 bits per heavy atom. The Hall–Kier alpha value is -1.52. The lowest BCUT2D eigenvalue weighted by Gasteiger charge is -2.20. The van der Waals surface area contributed by atoms with Crippen molar-refractivity contribution in [1.29, 1.82) is 0 Å². The van der Waals surface area contributed by atoms with Crippen LogP contribution < -0.4 is 11.1 Å². The van der Waals surface area contributed by atoms with Crippen LogP contribution >= 0.6 is 23.2 Å². The number of nitrogens with one attached hydrogen (secondary N) is 1. The minimum absolute atomic E-state index is 0.222. The van der Waals surface area contributed by atoms with Gasteiger partial charge in [-0.05, 0) is 29.5 Å². The van der Waals surface area contributed by atoms with Crippen LogP contribution in [-0.2, 0) is 0 Å². The molecule has 0 bridgehead atoms. The molecule has 0 atom stereocenters. The number of nitrogens with two attached hydrogens (primary N) is 1. The first-order valence-corrected chi connectivity index (χ1v) is 7.94. The lowest BCUT2D eigenvalue weighted by Crippen LogP contribution is -2.08. The van der Waals surface area contributed by atoms with Crippen LogP contribution in [0.25, 0.3) is 0 Å². The Bertz CT molecular complexity index is 658. The number of halogens is 2. The second-order valence-corrected chi connectivity index (χ2v) is 6.56. The molecule has 2 heterocycles. The predicted octanol–water partition coefficient (Wildman–Crippen LogP) is 5.36. The maximum Gasteiger partial charge on any atom is 0.155 e.